The van der Waals surface area contributed by atoms with Crippen LogP contribution in [0.3, 0.4) is 0 Å². The largest absolute Gasteiger partial charge is 0.494 e. The molecule has 10 heteroatoms. The van der Waals surface area contributed by atoms with Crippen molar-refractivity contribution in [3.05, 3.63) is 51.5 Å². The molecule has 0 aliphatic carbocycles. The van der Waals surface area contributed by atoms with Crippen molar-refractivity contribution in [2.24, 2.45) is 5.92 Å². The minimum Gasteiger partial charge on any atom is -0.494 e. The lowest BCUT2D eigenvalue weighted by Gasteiger charge is -2.31. The van der Waals surface area contributed by atoms with E-state index in [9.17, 15) is 13.2 Å². The summed E-state index contributed by atoms with van der Waals surface area (Å²) in [6.45, 7) is 2.79. The summed E-state index contributed by atoms with van der Waals surface area (Å²) in [4.78, 5) is 12.9. The predicted molar refractivity (Wildman–Crippen MR) is 119 cm³/mol. The topological polar surface area (TPSA) is 75.7 Å². The Balaban J connectivity index is 1.72. The molecule has 0 bridgehead atoms. The number of piperidine rings is 1. The van der Waals surface area contributed by atoms with Crippen molar-refractivity contribution in [1.82, 2.24) is 4.31 Å². The number of amides is 1. The van der Waals surface area contributed by atoms with Gasteiger partial charge in [-0.15, -0.1) is 0 Å². The van der Waals surface area contributed by atoms with Gasteiger partial charge in [0, 0.05) is 13.1 Å². The number of nitrogens with one attached hydrogen (secondary N) is 1. The van der Waals surface area contributed by atoms with Crippen LogP contribution in [0.1, 0.15) is 19.8 Å². The Labute approximate surface area is 191 Å². The molecule has 162 valence electrons. The molecular weight excluding hydrogens is 471 g/mol. The summed E-state index contributed by atoms with van der Waals surface area (Å²) >= 11 is 18.0. The van der Waals surface area contributed by atoms with Crippen LogP contribution >= 0.6 is 34.8 Å². The van der Waals surface area contributed by atoms with Crippen molar-refractivity contribution in [3.63, 3.8) is 0 Å². The second kappa shape index (κ2) is 9.75. The second-order valence-corrected chi connectivity index (χ2v) is 10.0. The van der Waals surface area contributed by atoms with E-state index < -0.39 is 15.9 Å². The van der Waals surface area contributed by atoms with Gasteiger partial charge in [0.25, 0.3) is 0 Å². The first kappa shape index (κ1) is 23.2. The van der Waals surface area contributed by atoms with E-state index in [2.05, 4.69) is 5.32 Å². The molecule has 0 aromatic heterocycles. The minimum atomic E-state index is -3.72. The van der Waals surface area contributed by atoms with Crippen LogP contribution in [0, 0.1) is 5.92 Å². The van der Waals surface area contributed by atoms with Crippen LogP contribution < -0.4 is 10.1 Å². The lowest BCUT2D eigenvalue weighted by molar-refractivity contribution is -0.120. The van der Waals surface area contributed by atoms with Gasteiger partial charge >= 0.3 is 0 Å². The van der Waals surface area contributed by atoms with E-state index in [1.54, 1.807) is 12.1 Å². The highest BCUT2D eigenvalue weighted by Crippen LogP contribution is 2.33. The Hall–Kier alpha value is -1.51. The minimum absolute atomic E-state index is 0.0836. The molecule has 0 saturated carbocycles. The normalized spacial score (nSPS) is 17.5. The van der Waals surface area contributed by atoms with Gasteiger partial charge in [-0.05, 0) is 56.2 Å². The molecule has 0 unspecified atom stereocenters. The van der Waals surface area contributed by atoms with Crippen molar-refractivity contribution < 1.29 is 17.9 Å². The maximum Gasteiger partial charge on any atom is 0.243 e. The summed E-state index contributed by atoms with van der Waals surface area (Å²) in [5, 5.41) is 3.53. The summed E-state index contributed by atoms with van der Waals surface area (Å²) in [6.07, 6.45) is 1.14. The van der Waals surface area contributed by atoms with Crippen LogP contribution in [-0.2, 0) is 14.8 Å². The first-order chi connectivity index (χ1) is 14.2. The number of benzene rings is 2. The van der Waals surface area contributed by atoms with E-state index in [0.717, 1.165) is 0 Å². The van der Waals surface area contributed by atoms with Crippen LogP contribution in [0.4, 0.5) is 5.69 Å². The third-order valence-electron chi connectivity index (χ3n) is 4.80. The highest BCUT2D eigenvalue weighted by molar-refractivity contribution is 7.89. The quantitative estimate of drug-likeness (QED) is 0.571. The molecule has 1 heterocycles. The number of rotatable bonds is 6. The Kier molecular flexibility index (Phi) is 7.52. The van der Waals surface area contributed by atoms with Crippen molar-refractivity contribution in [2.45, 2.75) is 24.7 Å². The van der Waals surface area contributed by atoms with Crippen LogP contribution in [0.25, 0.3) is 0 Å². The van der Waals surface area contributed by atoms with E-state index in [0.29, 0.717) is 37.4 Å². The molecule has 2 aromatic carbocycles. The summed E-state index contributed by atoms with van der Waals surface area (Å²) in [7, 11) is -3.72. The van der Waals surface area contributed by atoms with E-state index in [-0.39, 0.29) is 32.4 Å². The van der Waals surface area contributed by atoms with Gasteiger partial charge in [-0.2, -0.15) is 4.31 Å². The number of nitrogens with zero attached hydrogens (tertiary/aromatic N) is 1. The number of carbonyl (C=O) groups excluding carboxylic acids is 1. The molecule has 1 amide bonds. The van der Waals surface area contributed by atoms with Gasteiger partial charge < -0.3 is 10.1 Å². The number of hydrogen-bond acceptors (Lipinski definition) is 4. The fraction of sp³-hybridized carbons (Fsp3) is 0.350. The molecular formula is C20H21Cl3N2O4S. The molecule has 3 rings (SSSR count). The van der Waals surface area contributed by atoms with E-state index in [4.69, 9.17) is 39.5 Å². The van der Waals surface area contributed by atoms with Gasteiger partial charge in [0.05, 0.1) is 38.2 Å². The summed E-state index contributed by atoms with van der Waals surface area (Å²) < 4.78 is 32.7. The highest BCUT2D eigenvalue weighted by Gasteiger charge is 2.33. The monoisotopic (exact) mass is 490 g/mol. The summed E-state index contributed by atoms with van der Waals surface area (Å²) in [5.74, 6) is -0.227. The Morgan fingerprint density at radius 1 is 1.13 bits per heavy atom. The zero-order valence-electron chi connectivity index (χ0n) is 16.2. The number of halogens is 3. The van der Waals surface area contributed by atoms with Gasteiger partial charge in [0.15, 0.2) is 0 Å². The molecule has 1 saturated heterocycles. The van der Waals surface area contributed by atoms with Crippen molar-refractivity contribution >= 4 is 56.4 Å². The van der Waals surface area contributed by atoms with Crippen molar-refractivity contribution in [1.29, 1.82) is 0 Å². The fourth-order valence-electron chi connectivity index (χ4n) is 3.25. The smallest absolute Gasteiger partial charge is 0.243 e. The molecule has 0 radical (unpaired) electrons. The van der Waals surface area contributed by atoms with Gasteiger partial charge in [-0.3, -0.25) is 4.79 Å². The Morgan fingerprint density at radius 2 is 1.80 bits per heavy atom. The number of anilines is 1. The lowest BCUT2D eigenvalue weighted by Crippen LogP contribution is -2.43. The SMILES string of the molecule is CCOc1ccc(S(=O)(=O)N2CCC[C@@H](C(=O)Nc3cc(Cl)c(Cl)cc3Cl)C2)cc1. The van der Waals surface area contributed by atoms with Gasteiger partial charge in [-0.25, -0.2) is 8.42 Å². The first-order valence-corrected chi connectivity index (χ1v) is 12.0. The fourth-order valence-corrected chi connectivity index (χ4v) is 5.37. The molecule has 6 nitrogen and oxygen atoms in total. The van der Waals surface area contributed by atoms with Crippen molar-refractivity contribution in [3.8, 4) is 5.75 Å². The van der Waals surface area contributed by atoms with Gasteiger partial charge in [-0.1, -0.05) is 34.8 Å². The third kappa shape index (κ3) is 5.21. The van der Waals surface area contributed by atoms with Crippen LogP contribution in [0.5, 0.6) is 5.75 Å². The standard InChI is InChI=1S/C20H21Cl3N2O4S/c1-2-29-14-5-7-15(8-6-14)30(27,28)25-9-3-4-13(12-25)20(26)24-19-11-17(22)16(21)10-18(19)23/h5-8,10-11,13H,2-4,9,12H2,1H3,(H,24,26)/t13-/m1/s1. The van der Waals surface area contributed by atoms with E-state index in [1.165, 1.54) is 28.6 Å². The number of hydrogen-bond donors (Lipinski definition) is 1. The Bertz CT molecular complexity index is 1030. The van der Waals surface area contributed by atoms with Gasteiger partial charge in [0.2, 0.25) is 15.9 Å². The molecule has 2 aromatic rings. The zero-order valence-corrected chi connectivity index (χ0v) is 19.3. The average molecular weight is 492 g/mol. The van der Waals surface area contributed by atoms with Crippen LogP contribution in [0.2, 0.25) is 15.1 Å². The maximum absolute atomic E-state index is 13.0. The predicted octanol–water partition coefficient (Wildman–Crippen LogP) is 5.08. The van der Waals surface area contributed by atoms with E-state index >= 15 is 0 Å². The van der Waals surface area contributed by atoms with Gasteiger partial charge in [0.1, 0.15) is 5.75 Å². The zero-order chi connectivity index (χ0) is 21.9. The number of carbonyl (C=O) groups is 1. The van der Waals surface area contributed by atoms with Crippen LogP contribution in [-0.4, -0.2) is 38.3 Å². The molecule has 1 N–H and O–H groups in total. The first-order valence-electron chi connectivity index (χ1n) is 9.40. The second-order valence-electron chi connectivity index (χ2n) is 6.84. The van der Waals surface area contributed by atoms with E-state index in [1.807, 2.05) is 6.92 Å². The Morgan fingerprint density at radius 3 is 2.47 bits per heavy atom. The third-order valence-corrected chi connectivity index (χ3v) is 7.71. The molecule has 1 aliphatic heterocycles. The number of sulfonamides is 1. The molecule has 1 atom stereocenters. The number of ether oxygens (including phenoxy) is 1. The molecule has 30 heavy (non-hydrogen) atoms. The summed E-state index contributed by atoms with van der Waals surface area (Å²) in [5.41, 5.74) is 0.336. The van der Waals surface area contributed by atoms with Crippen molar-refractivity contribution in [2.75, 3.05) is 25.0 Å². The van der Waals surface area contributed by atoms with Crippen LogP contribution in [0.15, 0.2) is 41.3 Å². The average Bonchev–Trinajstić information content (AvgIpc) is 2.72. The summed E-state index contributed by atoms with van der Waals surface area (Å²) in [6, 6.07) is 9.19. The highest BCUT2D eigenvalue weighted by atomic mass is 35.5. The molecule has 0 spiro atoms. The maximum atomic E-state index is 13.0. The lowest BCUT2D eigenvalue weighted by atomic mass is 9.98. The molecule has 1 fully saturated rings. The molecule has 1 aliphatic rings.